The molecule has 2 aromatic heterocycles. The van der Waals surface area contributed by atoms with Gasteiger partial charge in [0.2, 0.25) is 5.89 Å². The van der Waals surface area contributed by atoms with Gasteiger partial charge >= 0.3 is 6.36 Å². The Balaban J connectivity index is 1.17. The number of hydrogen-bond donors (Lipinski definition) is 1. The van der Waals surface area contributed by atoms with E-state index in [1.54, 1.807) is 12.2 Å². The number of aromatic nitrogens is 5. The highest BCUT2D eigenvalue weighted by Gasteiger charge is 2.30. The summed E-state index contributed by atoms with van der Waals surface area (Å²) < 4.78 is 51.8. The van der Waals surface area contributed by atoms with Gasteiger partial charge in [-0.2, -0.15) is 4.80 Å². The van der Waals surface area contributed by atoms with E-state index in [1.807, 2.05) is 24.3 Å². The van der Waals surface area contributed by atoms with Gasteiger partial charge in [0.25, 0.3) is 0 Å². The molecule has 0 bridgehead atoms. The number of alkyl halides is 3. The lowest BCUT2D eigenvalue weighted by Gasteiger charge is -2.08. The van der Waals surface area contributed by atoms with Crippen LogP contribution < -0.4 is 9.47 Å². The zero-order valence-corrected chi connectivity index (χ0v) is 20.3. The SMILES string of the molecule is OCCn1nnc(CCCCc2ccc(OCc3coc(/C=C/c4ccc(OC(F)(F)F)cc4)n3)cc2)n1. The van der Waals surface area contributed by atoms with Crippen LogP contribution >= 0.6 is 0 Å². The van der Waals surface area contributed by atoms with Crippen LogP contribution in [0, 0.1) is 0 Å². The third-order valence-electron chi connectivity index (χ3n) is 5.32. The van der Waals surface area contributed by atoms with Gasteiger partial charge in [-0.15, -0.1) is 23.4 Å². The summed E-state index contributed by atoms with van der Waals surface area (Å²) in [4.78, 5) is 5.73. The highest BCUT2D eigenvalue weighted by molar-refractivity contribution is 5.66. The van der Waals surface area contributed by atoms with E-state index in [4.69, 9.17) is 14.3 Å². The summed E-state index contributed by atoms with van der Waals surface area (Å²) in [6.07, 6.45) is 3.63. The molecule has 0 aliphatic rings. The molecule has 2 heterocycles. The number of aliphatic hydroxyl groups is 1. The third-order valence-corrected chi connectivity index (χ3v) is 5.32. The molecule has 0 unspecified atom stereocenters. The fraction of sp³-hybridized carbons (Fsp3) is 0.308. The van der Waals surface area contributed by atoms with Crippen molar-refractivity contribution in [1.82, 2.24) is 25.2 Å². The van der Waals surface area contributed by atoms with E-state index < -0.39 is 6.36 Å². The molecule has 200 valence electrons. The second-order valence-corrected chi connectivity index (χ2v) is 8.29. The van der Waals surface area contributed by atoms with E-state index in [2.05, 4.69) is 25.1 Å². The number of unbranched alkanes of at least 4 members (excludes halogenated alkanes) is 1. The summed E-state index contributed by atoms with van der Waals surface area (Å²) in [5.41, 5.74) is 2.46. The molecule has 0 radical (unpaired) electrons. The number of aryl methyl sites for hydroxylation is 2. The number of aliphatic hydroxyl groups excluding tert-OH is 1. The van der Waals surface area contributed by atoms with Gasteiger partial charge in [-0.1, -0.05) is 24.3 Å². The van der Waals surface area contributed by atoms with Crippen molar-refractivity contribution >= 4 is 12.2 Å². The molecule has 0 fully saturated rings. The van der Waals surface area contributed by atoms with E-state index in [9.17, 15) is 13.2 Å². The van der Waals surface area contributed by atoms with Crippen LogP contribution in [0.15, 0.2) is 59.2 Å². The minimum atomic E-state index is -4.72. The Morgan fingerprint density at radius 3 is 2.42 bits per heavy atom. The van der Waals surface area contributed by atoms with Gasteiger partial charge in [0.1, 0.15) is 30.1 Å². The first kappa shape index (κ1) is 26.9. The first-order chi connectivity index (χ1) is 18.4. The van der Waals surface area contributed by atoms with Crippen molar-refractivity contribution in [3.05, 3.63) is 83.3 Å². The largest absolute Gasteiger partial charge is 0.573 e. The summed E-state index contributed by atoms with van der Waals surface area (Å²) >= 11 is 0. The van der Waals surface area contributed by atoms with E-state index in [0.717, 1.165) is 25.7 Å². The molecule has 2 aromatic carbocycles. The molecule has 0 saturated heterocycles. The van der Waals surface area contributed by atoms with Gasteiger partial charge in [-0.05, 0) is 65.9 Å². The third kappa shape index (κ3) is 8.73. The number of tetrazole rings is 1. The average molecular weight is 530 g/mol. The lowest BCUT2D eigenvalue weighted by atomic mass is 10.1. The topological polar surface area (TPSA) is 108 Å². The summed E-state index contributed by atoms with van der Waals surface area (Å²) in [6, 6.07) is 13.3. The second kappa shape index (κ2) is 12.9. The summed E-state index contributed by atoms with van der Waals surface area (Å²) in [7, 11) is 0. The van der Waals surface area contributed by atoms with Crippen molar-refractivity contribution < 1.29 is 32.2 Å². The van der Waals surface area contributed by atoms with E-state index in [1.165, 1.54) is 40.9 Å². The highest BCUT2D eigenvalue weighted by atomic mass is 19.4. The number of rotatable bonds is 13. The first-order valence-electron chi connectivity index (χ1n) is 11.9. The molecule has 12 heteroatoms. The van der Waals surface area contributed by atoms with Crippen LogP contribution in [0.5, 0.6) is 11.5 Å². The molecule has 0 spiro atoms. The van der Waals surface area contributed by atoms with Crippen LogP contribution in [0.25, 0.3) is 12.2 Å². The van der Waals surface area contributed by atoms with Gasteiger partial charge in [0, 0.05) is 12.5 Å². The van der Waals surface area contributed by atoms with Crippen LogP contribution in [0.2, 0.25) is 0 Å². The molecule has 0 amide bonds. The van der Waals surface area contributed by atoms with Gasteiger partial charge < -0.3 is 19.0 Å². The molecule has 4 aromatic rings. The van der Waals surface area contributed by atoms with Crippen LogP contribution in [-0.2, 0) is 26.0 Å². The van der Waals surface area contributed by atoms with Gasteiger partial charge in [0.15, 0.2) is 5.82 Å². The molecule has 0 aliphatic heterocycles. The van der Waals surface area contributed by atoms with Crippen LogP contribution in [0.3, 0.4) is 0 Å². The van der Waals surface area contributed by atoms with Gasteiger partial charge in [-0.3, -0.25) is 0 Å². The van der Waals surface area contributed by atoms with Crippen molar-refractivity contribution in [2.75, 3.05) is 6.61 Å². The minimum Gasteiger partial charge on any atom is -0.487 e. The predicted octanol–water partition coefficient (Wildman–Crippen LogP) is 4.87. The van der Waals surface area contributed by atoms with Crippen molar-refractivity contribution in [2.24, 2.45) is 0 Å². The zero-order valence-electron chi connectivity index (χ0n) is 20.3. The van der Waals surface area contributed by atoms with Gasteiger partial charge in [-0.25, -0.2) is 4.98 Å². The number of halogens is 3. The lowest BCUT2D eigenvalue weighted by molar-refractivity contribution is -0.274. The van der Waals surface area contributed by atoms with Crippen molar-refractivity contribution in [3.63, 3.8) is 0 Å². The monoisotopic (exact) mass is 529 g/mol. The summed E-state index contributed by atoms with van der Waals surface area (Å²) in [6.45, 7) is 0.561. The fourth-order valence-corrected chi connectivity index (χ4v) is 3.50. The van der Waals surface area contributed by atoms with E-state index >= 15 is 0 Å². The molecule has 0 saturated carbocycles. The van der Waals surface area contributed by atoms with E-state index in [0.29, 0.717) is 35.3 Å². The average Bonchev–Trinajstić information content (AvgIpc) is 3.54. The Hall–Kier alpha value is -4.19. The molecular weight excluding hydrogens is 503 g/mol. The maximum absolute atomic E-state index is 12.2. The number of oxazole rings is 1. The second-order valence-electron chi connectivity index (χ2n) is 8.29. The molecule has 0 atom stereocenters. The number of benzene rings is 2. The number of ether oxygens (including phenoxy) is 2. The number of nitrogens with zero attached hydrogens (tertiary/aromatic N) is 5. The van der Waals surface area contributed by atoms with Crippen molar-refractivity contribution in [1.29, 1.82) is 0 Å². The summed E-state index contributed by atoms with van der Waals surface area (Å²) in [5.74, 6) is 1.45. The Morgan fingerprint density at radius 2 is 1.68 bits per heavy atom. The molecule has 0 aliphatic carbocycles. The Kier molecular flexibility index (Phi) is 9.09. The Morgan fingerprint density at radius 1 is 0.947 bits per heavy atom. The van der Waals surface area contributed by atoms with Crippen LogP contribution in [-0.4, -0.2) is 43.3 Å². The Bertz CT molecular complexity index is 1300. The standard InChI is InChI=1S/C26H26F3N5O4/c27-26(28,29)38-23-12-7-20(8-13-23)9-14-25-30-21(18-37-25)17-36-22-10-5-19(6-11-22)3-1-2-4-24-31-33-34(32-24)15-16-35/h5-14,18,35H,1-4,15-17H2/b14-9+. The van der Waals surface area contributed by atoms with Crippen molar-refractivity contribution in [2.45, 2.75) is 45.2 Å². The maximum atomic E-state index is 12.2. The minimum absolute atomic E-state index is 0.0139. The molecule has 38 heavy (non-hydrogen) atoms. The predicted molar refractivity (Wildman–Crippen MR) is 131 cm³/mol. The highest BCUT2D eigenvalue weighted by Crippen LogP contribution is 2.23. The number of hydrogen-bond acceptors (Lipinski definition) is 8. The quantitative estimate of drug-likeness (QED) is 0.245. The maximum Gasteiger partial charge on any atom is 0.573 e. The zero-order chi connectivity index (χ0) is 26.8. The molecule has 4 rings (SSSR count). The van der Waals surface area contributed by atoms with E-state index in [-0.39, 0.29) is 19.0 Å². The van der Waals surface area contributed by atoms with Crippen LogP contribution in [0.1, 0.15) is 41.4 Å². The van der Waals surface area contributed by atoms with Crippen molar-refractivity contribution in [3.8, 4) is 11.5 Å². The summed E-state index contributed by atoms with van der Waals surface area (Å²) in [5, 5.41) is 21.0. The van der Waals surface area contributed by atoms with Gasteiger partial charge in [0.05, 0.1) is 13.2 Å². The molecular formula is C26H26F3N5O4. The Labute approximate surface area is 216 Å². The normalized spacial score (nSPS) is 11.8. The molecule has 9 nitrogen and oxygen atoms in total. The fourth-order valence-electron chi connectivity index (χ4n) is 3.50. The smallest absolute Gasteiger partial charge is 0.487 e. The first-order valence-corrected chi connectivity index (χ1v) is 11.9. The molecule has 1 N–H and O–H groups in total. The van der Waals surface area contributed by atoms with Crippen LogP contribution in [0.4, 0.5) is 13.2 Å². The lowest BCUT2D eigenvalue weighted by Crippen LogP contribution is -2.16.